The maximum atomic E-state index is 13.7. The largest absolute Gasteiger partial charge is 0.444 e. The molecule has 5 nitrogen and oxygen atoms in total. The van der Waals surface area contributed by atoms with E-state index in [0.29, 0.717) is 31.5 Å². The third-order valence-electron chi connectivity index (χ3n) is 6.98. The number of carbonyl (C=O) groups is 1. The van der Waals surface area contributed by atoms with Crippen LogP contribution in [-0.2, 0) is 21.1 Å². The highest BCUT2D eigenvalue weighted by molar-refractivity contribution is 5.85. The van der Waals surface area contributed by atoms with Gasteiger partial charge in [0.15, 0.2) is 0 Å². The molecule has 1 fully saturated rings. The van der Waals surface area contributed by atoms with E-state index in [1.807, 2.05) is 20.8 Å². The number of hydrogen-bond donors (Lipinski definition) is 0. The van der Waals surface area contributed by atoms with Crippen LogP contribution < -0.4 is 0 Å². The second-order valence-corrected chi connectivity index (χ2v) is 10.8. The lowest BCUT2D eigenvalue weighted by Gasteiger charge is -2.42. The van der Waals surface area contributed by atoms with Crippen LogP contribution in [0.4, 0.5) is 22.4 Å². The number of piperidine rings is 1. The van der Waals surface area contributed by atoms with Crippen molar-refractivity contribution in [1.29, 1.82) is 0 Å². The number of aromatic nitrogens is 1. The van der Waals surface area contributed by atoms with E-state index in [4.69, 9.17) is 9.47 Å². The SMILES string of the molecule is CC(OCC1(c2ccc(F)cc2)CCN(C(=O)OC(C)(C)C)CC1)c1ccc(C(F)(F)F)c2cccnc12. The van der Waals surface area contributed by atoms with Crippen LogP contribution in [0.2, 0.25) is 0 Å². The molecule has 4 rings (SSSR count). The summed E-state index contributed by atoms with van der Waals surface area (Å²) in [5.41, 5.74) is -0.200. The lowest BCUT2D eigenvalue weighted by atomic mass is 9.73. The first kappa shape index (κ1) is 27.8. The number of alkyl halides is 3. The fourth-order valence-electron chi connectivity index (χ4n) is 4.91. The molecule has 38 heavy (non-hydrogen) atoms. The number of nitrogens with zero attached hydrogens (tertiary/aromatic N) is 2. The Kier molecular flexibility index (Phi) is 7.70. The molecule has 1 saturated heterocycles. The fraction of sp³-hybridized carbons (Fsp3) is 0.448. The van der Waals surface area contributed by atoms with Crippen molar-refractivity contribution in [3.63, 3.8) is 0 Å². The molecule has 2 aromatic carbocycles. The summed E-state index contributed by atoms with van der Waals surface area (Å²) in [5.74, 6) is -0.355. The Balaban J connectivity index is 1.57. The summed E-state index contributed by atoms with van der Waals surface area (Å²) in [6.07, 6.45) is -2.88. The molecule has 3 aromatic rings. The molecule has 0 aliphatic carbocycles. The molecule has 204 valence electrons. The van der Waals surface area contributed by atoms with E-state index in [0.717, 1.165) is 11.6 Å². The summed E-state index contributed by atoms with van der Waals surface area (Å²) in [6, 6.07) is 11.6. The van der Waals surface area contributed by atoms with Gasteiger partial charge in [0.05, 0.1) is 23.8 Å². The van der Waals surface area contributed by atoms with Crippen LogP contribution in [0.25, 0.3) is 10.9 Å². The molecule has 1 aromatic heterocycles. The molecule has 1 amide bonds. The van der Waals surface area contributed by atoms with Crippen LogP contribution in [0.1, 0.15) is 63.3 Å². The zero-order valence-corrected chi connectivity index (χ0v) is 21.9. The number of amides is 1. The molecule has 0 bridgehead atoms. The van der Waals surface area contributed by atoms with Gasteiger partial charge in [0.1, 0.15) is 11.4 Å². The topological polar surface area (TPSA) is 51.7 Å². The molecule has 0 spiro atoms. The van der Waals surface area contributed by atoms with Gasteiger partial charge in [-0.2, -0.15) is 13.2 Å². The zero-order valence-electron chi connectivity index (χ0n) is 21.9. The number of hydrogen-bond acceptors (Lipinski definition) is 4. The highest BCUT2D eigenvalue weighted by atomic mass is 19.4. The Morgan fingerprint density at radius 3 is 2.32 bits per heavy atom. The maximum Gasteiger partial charge on any atom is 0.417 e. The zero-order chi connectivity index (χ0) is 27.7. The summed E-state index contributed by atoms with van der Waals surface area (Å²) in [7, 11) is 0. The molecule has 2 heterocycles. The number of pyridine rings is 1. The Hall–Kier alpha value is -3.20. The van der Waals surface area contributed by atoms with E-state index in [2.05, 4.69) is 4.98 Å². The molecule has 0 N–H and O–H groups in total. The normalized spacial score (nSPS) is 16.9. The van der Waals surface area contributed by atoms with Crippen molar-refractivity contribution in [2.24, 2.45) is 0 Å². The van der Waals surface area contributed by atoms with Crippen LogP contribution >= 0.6 is 0 Å². The average molecular weight is 533 g/mol. The lowest BCUT2D eigenvalue weighted by Crippen LogP contribution is -2.48. The van der Waals surface area contributed by atoms with Crippen molar-refractivity contribution in [2.75, 3.05) is 19.7 Å². The minimum atomic E-state index is -4.50. The van der Waals surface area contributed by atoms with Gasteiger partial charge in [-0.05, 0) is 70.4 Å². The number of fused-ring (bicyclic) bond motifs is 1. The number of ether oxygens (including phenoxy) is 2. The van der Waals surface area contributed by atoms with Crippen LogP contribution in [0.5, 0.6) is 0 Å². The predicted molar refractivity (Wildman–Crippen MR) is 136 cm³/mol. The van der Waals surface area contributed by atoms with Crippen LogP contribution in [0.15, 0.2) is 54.7 Å². The van der Waals surface area contributed by atoms with Gasteiger partial charge >= 0.3 is 12.3 Å². The molecule has 9 heteroatoms. The van der Waals surface area contributed by atoms with Crippen LogP contribution in [0, 0.1) is 5.82 Å². The van der Waals surface area contributed by atoms with Gasteiger partial charge in [-0.15, -0.1) is 0 Å². The monoisotopic (exact) mass is 532 g/mol. The second kappa shape index (κ2) is 10.5. The third kappa shape index (κ3) is 6.09. The summed E-state index contributed by atoms with van der Waals surface area (Å²) in [4.78, 5) is 18.5. The van der Waals surface area contributed by atoms with Crippen molar-refractivity contribution in [2.45, 2.75) is 63.8 Å². The van der Waals surface area contributed by atoms with Crippen molar-refractivity contribution in [1.82, 2.24) is 9.88 Å². The summed E-state index contributed by atoms with van der Waals surface area (Å²) >= 11 is 0. The van der Waals surface area contributed by atoms with Crippen molar-refractivity contribution in [3.05, 3.63) is 77.2 Å². The van der Waals surface area contributed by atoms with Gasteiger partial charge in [-0.1, -0.05) is 24.3 Å². The minimum absolute atomic E-state index is 0.0202. The number of likely N-dealkylation sites (tertiary alicyclic amines) is 1. The van der Waals surface area contributed by atoms with E-state index >= 15 is 0 Å². The summed E-state index contributed by atoms with van der Waals surface area (Å²) in [6.45, 7) is 8.30. The first-order valence-corrected chi connectivity index (χ1v) is 12.6. The highest BCUT2D eigenvalue weighted by Gasteiger charge is 2.40. The quantitative estimate of drug-likeness (QED) is 0.321. The van der Waals surface area contributed by atoms with Gasteiger partial charge in [-0.25, -0.2) is 9.18 Å². The molecule has 0 radical (unpaired) electrons. The standard InChI is InChI=1S/C29H32F4N2O3/c1-19(22-11-12-24(29(31,32)33)23-6-5-15-34-25(22)23)37-18-28(20-7-9-21(30)10-8-20)13-16-35(17-14-28)26(36)38-27(2,3)4/h5-12,15,19H,13-14,16-18H2,1-4H3. The fourth-order valence-corrected chi connectivity index (χ4v) is 4.91. The molecule has 1 aliphatic rings. The van der Waals surface area contributed by atoms with Crippen LogP contribution in [-0.4, -0.2) is 41.3 Å². The Bertz CT molecular complexity index is 1280. The Morgan fingerprint density at radius 2 is 1.71 bits per heavy atom. The number of rotatable bonds is 5. The van der Waals surface area contributed by atoms with Crippen molar-refractivity contribution < 1.29 is 31.8 Å². The molecule has 1 unspecified atom stereocenters. The van der Waals surface area contributed by atoms with E-state index in [1.54, 1.807) is 24.0 Å². The summed E-state index contributed by atoms with van der Waals surface area (Å²) in [5, 5.41) is 0.0202. The number of benzene rings is 2. The van der Waals surface area contributed by atoms with Gasteiger partial charge < -0.3 is 14.4 Å². The summed E-state index contributed by atoms with van der Waals surface area (Å²) < 4.78 is 66.2. The smallest absolute Gasteiger partial charge is 0.417 e. The third-order valence-corrected chi connectivity index (χ3v) is 6.98. The molecular formula is C29H32F4N2O3. The molecule has 1 aliphatic heterocycles. The molecular weight excluding hydrogens is 500 g/mol. The number of carbonyl (C=O) groups excluding carboxylic acids is 1. The predicted octanol–water partition coefficient (Wildman–Crippen LogP) is 7.44. The average Bonchev–Trinajstić information content (AvgIpc) is 2.85. The maximum absolute atomic E-state index is 13.7. The van der Waals surface area contributed by atoms with Crippen LogP contribution in [0.3, 0.4) is 0 Å². The minimum Gasteiger partial charge on any atom is -0.444 e. The first-order valence-electron chi connectivity index (χ1n) is 12.6. The van der Waals surface area contributed by atoms with Crippen molar-refractivity contribution >= 4 is 17.0 Å². The van der Waals surface area contributed by atoms with E-state index < -0.39 is 28.9 Å². The molecule has 1 atom stereocenters. The Labute approximate surface area is 219 Å². The van der Waals surface area contributed by atoms with E-state index in [9.17, 15) is 22.4 Å². The second-order valence-electron chi connectivity index (χ2n) is 10.8. The van der Waals surface area contributed by atoms with Gasteiger partial charge in [0.25, 0.3) is 0 Å². The number of halogens is 4. The van der Waals surface area contributed by atoms with Gasteiger partial charge in [0.2, 0.25) is 0 Å². The van der Waals surface area contributed by atoms with Gasteiger partial charge in [-0.3, -0.25) is 4.98 Å². The first-order chi connectivity index (χ1) is 17.8. The molecule has 0 saturated carbocycles. The lowest BCUT2D eigenvalue weighted by molar-refractivity contribution is -0.136. The van der Waals surface area contributed by atoms with Crippen molar-refractivity contribution in [3.8, 4) is 0 Å². The van der Waals surface area contributed by atoms with E-state index in [1.165, 1.54) is 36.5 Å². The highest BCUT2D eigenvalue weighted by Crippen LogP contribution is 2.40. The van der Waals surface area contributed by atoms with E-state index in [-0.39, 0.29) is 29.4 Å². The Morgan fingerprint density at radius 1 is 1.05 bits per heavy atom. The van der Waals surface area contributed by atoms with Gasteiger partial charge in [0, 0.05) is 35.7 Å².